The largest absolute Gasteiger partial charge is 0.340 e. The van der Waals surface area contributed by atoms with E-state index in [1.807, 2.05) is 6.08 Å². The fourth-order valence-corrected chi connectivity index (χ4v) is 12.1. The summed E-state index contributed by atoms with van der Waals surface area (Å²) in [4.78, 5) is 4.74. The molecule has 1 aliphatic carbocycles. The van der Waals surface area contributed by atoms with Crippen LogP contribution in [-0.2, 0) is 5.41 Å². The molecular formula is C71H53N3. The van der Waals surface area contributed by atoms with Crippen LogP contribution in [-0.4, -0.2) is 10.6 Å². The highest BCUT2D eigenvalue weighted by molar-refractivity contribution is 6.11. The van der Waals surface area contributed by atoms with Crippen LogP contribution in [0.1, 0.15) is 39.3 Å². The quantitative estimate of drug-likeness (QED) is 0.127. The molecule has 0 fully saturated rings. The van der Waals surface area contributed by atoms with Crippen LogP contribution in [0.2, 0.25) is 0 Å². The SMILES string of the molecule is C=CC1c2ccc(-c3ccc(N(c4ccc5c(c4)C(c4ccccc4)(c4ccccc4)c4ccccc4-5)c4ccc5c(c4)c4ccccc4n5-c4ccccc4)cc3)c(c2)/C=C\C=C\N(c2ccccc2)C1C=C. The maximum absolute atomic E-state index is 4.34. The summed E-state index contributed by atoms with van der Waals surface area (Å²) in [6.45, 7) is 8.65. The molecule has 0 N–H and O–H groups in total. The first kappa shape index (κ1) is 44.5. The molecule has 0 radical (unpaired) electrons. The van der Waals surface area contributed by atoms with Crippen LogP contribution in [0.5, 0.6) is 0 Å². The highest BCUT2D eigenvalue weighted by Gasteiger charge is 2.46. The topological polar surface area (TPSA) is 11.4 Å². The van der Waals surface area contributed by atoms with Crippen molar-refractivity contribution in [2.45, 2.75) is 17.4 Å². The molecule has 1 aliphatic heterocycles. The van der Waals surface area contributed by atoms with Crippen LogP contribution < -0.4 is 9.80 Å². The van der Waals surface area contributed by atoms with Crippen molar-refractivity contribution in [1.82, 2.24) is 4.57 Å². The average molecular weight is 948 g/mol. The minimum Gasteiger partial charge on any atom is -0.340 e. The fourth-order valence-electron chi connectivity index (χ4n) is 12.1. The highest BCUT2D eigenvalue weighted by Crippen LogP contribution is 2.57. The zero-order chi connectivity index (χ0) is 49.6. The molecule has 0 saturated heterocycles. The molecular weight excluding hydrogens is 895 g/mol. The summed E-state index contributed by atoms with van der Waals surface area (Å²) in [5, 5.41) is 2.41. The molecule has 10 aromatic carbocycles. The number of rotatable bonds is 10. The molecule has 0 amide bonds. The van der Waals surface area contributed by atoms with Crippen LogP contribution in [0.3, 0.4) is 0 Å². The Balaban J connectivity index is 0.983. The Bertz CT molecular complexity index is 3900. The predicted molar refractivity (Wildman–Crippen MR) is 312 cm³/mol. The Morgan fingerprint density at radius 1 is 0.432 bits per heavy atom. The maximum Gasteiger partial charge on any atom is 0.0714 e. The van der Waals surface area contributed by atoms with Crippen LogP contribution in [0, 0.1) is 0 Å². The summed E-state index contributed by atoms with van der Waals surface area (Å²) in [7, 11) is 0. The van der Waals surface area contributed by atoms with Crippen molar-refractivity contribution in [2.24, 2.45) is 0 Å². The van der Waals surface area contributed by atoms with Gasteiger partial charge in [0.2, 0.25) is 0 Å². The van der Waals surface area contributed by atoms with Gasteiger partial charge in [0.25, 0.3) is 0 Å². The molecule has 13 rings (SSSR count). The minimum atomic E-state index is -0.547. The second kappa shape index (κ2) is 18.6. The third kappa shape index (κ3) is 7.27. The van der Waals surface area contributed by atoms with Gasteiger partial charge in [0, 0.05) is 51.3 Å². The molecule has 0 saturated carbocycles. The van der Waals surface area contributed by atoms with Crippen molar-refractivity contribution in [3.8, 4) is 27.9 Å². The third-order valence-electron chi connectivity index (χ3n) is 15.4. The number of fused-ring (bicyclic) bond motifs is 8. The van der Waals surface area contributed by atoms with Gasteiger partial charge in [0.05, 0.1) is 22.5 Å². The van der Waals surface area contributed by atoms with Gasteiger partial charge in [-0.15, -0.1) is 13.2 Å². The maximum atomic E-state index is 4.34. The summed E-state index contributed by atoms with van der Waals surface area (Å²) in [5.74, 6) is 0.00859. The summed E-state index contributed by atoms with van der Waals surface area (Å²) in [5.41, 5.74) is 19.5. The molecule has 2 bridgehead atoms. The Morgan fingerprint density at radius 3 is 1.73 bits per heavy atom. The number of aromatic nitrogens is 1. The lowest BCUT2D eigenvalue weighted by atomic mass is 9.67. The van der Waals surface area contributed by atoms with E-state index < -0.39 is 5.41 Å². The zero-order valence-electron chi connectivity index (χ0n) is 41.0. The van der Waals surface area contributed by atoms with Crippen molar-refractivity contribution >= 4 is 50.6 Å². The van der Waals surface area contributed by atoms with Crippen LogP contribution in [0.4, 0.5) is 22.7 Å². The van der Waals surface area contributed by atoms with Crippen molar-refractivity contribution < 1.29 is 0 Å². The van der Waals surface area contributed by atoms with Gasteiger partial charge in [-0.1, -0.05) is 200 Å². The molecule has 74 heavy (non-hydrogen) atoms. The van der Waals surface area contributed by atoms with E-state index >= 15 is 0 Å². The first-order valence-corrected chi connectivity index (χ1v) is 25.6. The Labute approximate surface area is 433 Å². The highest BCUT2D eigenvalue weighted by atomic mass is 15.2. The van der Waals surface area contributed by atoms with Gasteiger partial charge in [-0.25, -0.2) is 0 Å². The van der Waals surface area contributed by atoms with Crippen molar-refractivity contribution in [2.75, 3.05) is 9.80 Å². The van der Waals surface area contributed by atoms with Crippen molar-refractivity contribution in [3.63, 3.8) is 0 Å². The normalized spacial score (nSPS) is 16.2. The van der Waals surface area contributed by atoms with Gasteiger partial charge in [-0.3, -0.25) is 0 Å². The standard InChI is InChI=1S/C71H53N3/c1-3-60-52-38-43-61(51(47-52)23-21-22-46-72(68(60)4-2)55-28-13-7-14-29-55)50-36-39-57(40-37-50)73(58-42-45-70-65(48-58)64-33-18-20-35-69(64)74(70)56-30-15-8-16-31-56)59-41-44-63-62-32-17-19-34-66(62)71(67(63)49-59,53-24-9-5-10-25-53)54-26-11-6-12-27-54/h3-49,60,68H,1-2H2/b23-21-,46-22+. The summed E-state index contributed by atoms with van der Waals surface area (Å²) in [6.07, 6.45) is 12.7. The molecule has 352 valence electrons. The first-order chi connectivity index (χ1) is 36.6. The Kier molecular flexibility index (Phi) is 11.2. The molecule has 11 aromatic rings. The molecule has 3 heteroatoms. The smallest absolute Gasteiger partial charge is 0.0714 e. The number of allylic oxidation sites excluding steroid dienone is 2. The number of anilines is 4. The van der Waals surface area contributed by atoms with Crippen LogP contribution >= 0.6 is 0 Å². The van der Waals surface area contributed by atoms with E-state index in [-0.39, 0.29) is 12.0 Å². The summed E-state index contributed by atoms with van der Waals surface area (Å²) < 4.78 is 2.39. The molecule has 2 atom stereocenters. The van der Waals surface area contributed by atoms with Gasteiger partial charge >= 0.3 is 0 Å². The number of hydrogen-bond donors (Lipinski definition) is 0. The Hall–Kier alpha value is -9.44. The number of para-hydroxylation sites is 3. The number of hydrogen-bond acceptors (Lipinski definition) is 2. The average Bonchev–Trinajstić information content (AvgIpc) is 3.96. The lowest BCUT2D eigenvalue weighted by Crippen LogP contribution is -2.34. The lowest BCUT2D eigenvalue weighted by molar-refractivity contribution is 0.694. The van der Waals surface area contributed by atoms with Gasteiger partial charge in [0.15, 0.2) is 0 Å². The third-order valence-corrected chi connectivity index (χ3v) is 15.4. The van der Waals surface area contributed by atoms with E-state index in [0.29, 0.717) is 0 Å². The second-order valence-electron chi connectivity index (χ2n) is 19.3. The molecule has 2 aliphatic rings. The van der Waals surface area contributed by atoms with E-state index in [4.69, 9.17) is 0 Å². The molecule has 0 spiro atoms. The van der Waals surface area contributed by atoms with E-state index in [1.54, 1.807) is 0 Å². The molecule has 2 unspecified atom stereocenters. The van der Waals surface area contributed by atoms with Gasteiger partial charge in [0.1, 0.15) is 0 Å². The van der Waals surface area contributed by atoms with Crippen LogP contribution in [0.25, 0.3) is 55.8 Å². The van der Waals surface area contributed by atoms with Gasteiger partial charge in [-0.2, -0.15) is 0 Å². The number of benzene rings is 10. The minimum absolute atomic E-state index is 0.00859. The summed E-state index contributed by atoms with van der Waals surface area (Å²) in [6, 6.07) is 91.2. The Morgan fingerprint density at radius 2 is 1.01 bits per heavy atom. The van der Waals surface area contributed by atoms with Gasteiger partial charge in [-0.05, 0) is 135 Å². The number of nitrogens with zero attached hydrogens (tertiary/aromatic N) is 3. The van der Waals surface area contributed by atoms with E-state index in [1.165, 1.54) is 55.2 Å². The van der Waals surface area contributed by atoms with E-state index in [0.717, 1.165) is 50.6 Å². The zero-order valence-corrected chi connectivity index (χ0v) is 41.0. The molecule has 3 nitrogen and oxygen atoms in total. The van der Waals surface area contributed by atoms with Crippen LogP contribution in [0.15, 0.2) is 292 Å². The molecule has 1 aromatic heterocycles. The molecule has 2 heterocycles. The van der Waals surface area contributed by atoms with Gasteiger partial charge < -0.3 is 14.4 Å². The summed E-state index contributed by atoms with van der Waals surface area (Å²) >= 11 is 0. The van der Waals surface area contributed by atoms with Crippen molar-refractivity contribution in [1.29, 1.82) is 0 Å². The van der Waals surface area contributed by atoms with Crippen molar-refractivity contribution in [3.05, 3.63) is 326 Å². The monoisotopic (exact) mass is 947 g/mol. The van der Waals surface area contributed by atoms with E-state index in [2.05, 4.69) is 307 Å². The fraction of sp³-hybridized carbons (Fsp3) is 0.0423. The van der Waals surface area contributed by atoms with E-state index in [9.17, 15) is 0 Å². The first-order valence-electron chi connectivity index (χ1n) is 25.6. The predicted octanol–water partition coefficient (Wildman–Crippen LogP) is 18.2. The lowest BCUT2D eigenvalue weighted by Gasteiger charge is -2.35. The second-order valence-corrected chi connectivity index (χ2v) is 19.3.